The lowest BCUT2D eigenvalue weighted by atomic mass is 10.2. The van der Waals surface area contributed by atoms with Gasteiger partial charge in [0, 0.05) is 4.47 Å². The number of aromatic amines is 1. The average Bonchev–Trinajstić information content (AvgIpc) is 2.88. The lowest BCUT2D eigenvalue weighted by Gasteiger charge is -2.08. The van der Waals surface area contributed by atoms with Crippen LogP contribution in [0.5, 0.6) is 0 Å². The number of nitrogens with one attached hydrogen (secondary N) is 1. The molecule has 0 amide bonds. The molecule has 5 nitrogen and oxygen atoms in total. The van der Waals surface area contributed by atoms with Crippen LogP contribution in [0.15, 0.2) is 68.0 Å². The van der Waals surface area contributed by atoms with Gasteiger partial charge in [-0.3, -0.25) is 9.89 Å². The maximum absolute atomic E-state index is 12.9. The molecule has 3 aromatic rings. The third-order valence-corrected chi connectivity index (χ3v) is 4.09. The molecule has 0 saturated carbocycles. The number of nitrogens with zero attached hydrogens (tertiary/aromatic N) is 3. The van der Waals surface area contributed by atoms with Crippen LogP contribution in [-0.4, -0.2) is 9.78 Å². The van der Waals surface area contributed by atoms with Crippen molar-refractivity contribution in [2.75, 3.05) is 0 Å². The first kappa shape index (κ1) is 18.1. The number of hydrogen-bond acceptors (Lipinski definition) is 3. The third kappa shape index (κ3) is 3.77. The van der Waals surface area contributed by atoms with Crippen LogP contribution >= 0.6 is 15.9 Å². The lowest BCUT2D eigenvalue weighted by molar-refractivity contribution is -0.137. The predicted molar refractivity (Wildman–Crippen MR) is 94.4 cm³/mol. The number of benzene rings is 2. The third-order valence-electron chi connectivity index (χ3n) is 3.56. The van der Waals surface area contributed by atoms with Crippen molar-refractivity contribution < 1.29 is 13.2 Å². The van der Waals surface area contributed by atoms with Crippen LogP contribution < -0.4 is 5.56 Å². The van der Waals surface area contributed by atoms with Gasteiger partial charge in [-0.1, -0.05) is 22.0 Å². The fraction of sp³-hybridized carbons (Fsp3) is 0.118. The Bertz CT molecular complexity index is 1020. The van der Waals surface area contributed by atoms with Gasteiger partial charge in [-0.2, -0.15) is 18.3 Å². The van der Waals surface area contributed by atoms with Crippen molar-refractivity contribution in [3.05, 3.63) is 74.6 Å². The number of alkyl halides is 3. The fourth-order valence-electron chi connectivity index (χ4n) is 2.27. The summed E-state index contributed by atoms with van der Waals surface area (Å²) in [6.07, 6.45) is -4.49. The highest BCUT2D eigenvalue weighted by molar-refractivity contribution is 9.10. The molecule has 0 fully saturated rings. The van der Waals surface area contributed by atoms with Gasteiger partial charge < -0.3 is 0 Å². The van der Waals surface area contributed by atoms with Crippen LogP contribution in [0, 0.1) is 6.92 Å². The van der Waals surface area contributed by atoms with Crippen molar-refractivity contribution in [2.24, 2.45) is 10.2 Å². The topological polar surface area (TPSA) is 62.5 Å². The Morgan fingerprint density at radius 3 is 2.42 bits per heavy atom. The van der Waals surface area contributed by atoms with E-state index in [-0.39, 0.29) is 11.4 Å². The van der Waals surface area contributed by atoms with E-state index in [1.165, 1.54) is 12.1 Å². The number of aromatic nitrogens is 2. The summed E-state index contributed by atoms with van der Waals surface area (Å²) in [7, 11) is 0. The zero-order chi connectivity index (χ0) is 18.9. The minimum atomic E-state index is -4.49. The molecule has 1 N–H and O–H groups in total. The van der Waals surface area contributed by atoms with Crippen LogP contribution in [-0.2, 0) is 6.18 Å². The van der Waals surface area contributed by atoms with Crippen molar-refractivity contribution in [3.63, 3.8) is 0 Å². The number of H-pyrrole nitrogens is 1. The molecule has 1 heterocycles. The zero-order valence-electron chi connectivity index (χ0n) is 13.4. The molecular formula is C17H12BrF3N4O. The normalized spacial score (nSPS) is 12.0. The van der Waals surface area contributed by atoms with Gasteiger partial charge in [0.15, 0.2) is 5.69 Å². The molecule has 0 aliphatic carbocycles. The minimum absolute atomic E-state index is 0.0327. The highest BCUT2D eigenvalue weighted by atomic mass is 79.9. The Hall–Kier alpha value is -2.68. The number of aryl methyl sites for hydroxylation is 1. The summed E-state index contributed by atoms with van der Waals surface area (Å²) in [6, 6.07) is 11.5. The molecule has 0 aliphatic rings. The van der Waals surface area contributed by atoms with E-state index in [2.05, 4.69) is 31.3 Å². The fourth-order valence-corrected chi connectivity index (χ4v) is 2.54. The number of azo groups is 1. The number of rotatable bonds is 3. The van der Waals surface area contributed by atoms with E-state index < -0.39 is 17.3 Å². The van der Waals surface area contributed by atoms with Crippen molar-refractivity contribution in [2.45, 2.75) is 13.1 Å². The summed E-state index contributed by atoms with van der Waals surface area (Å²) in [4.78, 5) is 12.5. The first-order valence-electron chi connectivity index (χ1n) is 7.42. The molecule has 0 atom stereocenters. The molecule has 9 heteroatoms. The molecule has 1 aromatic heterocycles. The maximum Gasteiger partial charge on any atom is 0.416 e. The van der Waals surface area contributed by atoms with E-state index in [0.29, 0.717) is 11.4 Å². The molecule has 0 aliphatic heterocycles. The summed E-state index contributed by atoms with van der Waals surface area (Å²) in [5.41, 5.74) is -0.384. The van der Waals surface area contributed by atoms with Crippen LogP contribution in [0.2, 0.25) is 0 Å². The molecule has 0 spiro atoms. The highest BCUT2D eigenvalue weighted by Gasteiger charge is 2.30. The standard InChI is InChI=1S/C17H12BrF3N4O/c1-10-15(23-22-13-7-5-12(18)6-8-13)16(26)25(24-10)14-4-2-3-11(9-14)17(19,20)21/h2-9,24H,1H3. The molecule has 0 unspecified atom stereocenters. The van der Waals surface area contributed by atoms with E-state index >= 15 is 0 Å². The summed E-state index contributed by atoms with van der Waals surface area (Å²) in [6.45, 7) is 1.60. The van der Waals surface area contributed by atoms with Crippen molar-refractivity contribution in [3.8, 4) is 5.69 Å². The first-order valence-corrected chi connectivity index (χ1v) is 8.21. The van der Waals surface area contributed by atoms with Gasteiger partial charge in [0.05, 0.1) is 22.6 Å². The van der Waals surface area contributed by atoms with Crippen LogP contribution in [0.1, 0.15) is 11.3 Å². The summed E-state index contributed by atoms with van der Waals surface area (Å²) in [5, 5.41) is 10.7. The van der Waals surface area contributed by atoms with E-state index in [4.69, 9.17) is 0 Å². The van der Waals surface area contributed by atoms with Crippen LogP contribution in [0.25, 0.3) is 5.69 Å². The quantitative estimate of drug-likeness (QED) is 0.540. The predicted octanol–water partition coefficient (Wildman–Crippen LogP) is 5.67. The van der Waals surface area contributed by atoms with Crippen LogP contribution in [0.4, 0.5) is 24.5 Å². The Morgan fingerprint density at radius 1 is 1.08 bits per heavy atom. The molecule has 2 aromatic carbocycles. The summed E-state index contributed by atoms with van der Waals surface area (Å²) < 4.78 is 40.5. The Labute approximate surface area is 154 Å². The molecule has 134 valence electrons. The molecular weight excluding hydrogens is 413 g/mol. The molecule has 3 rings (SSSR count). The highest BCUT2D eigenvalue weighted by Crippen LogP contribution is 2.30. The van der Waals surface area contributed by atoms with Crippen molar-refractivity contribution >= 4 is 27.3 Å². The molecule has 0 bridgehead atoms. The summed E-state index contributed by atoms with van der Waals surface area (Å²) in [5.74, 6) is 0. The lowest BCUT2D eigenvalue weighted by Crippen LogP contribution is -2.15. The van der Waals surface area contributed by atoms with Gasteiger partial charge >= 0.3 is 6.18 Å². The monoisotopic (exact) mass is 424 g/mol. The van der Waals surface area contributed by atoms with E-state index in [0.717, 1.165) is 21.3 Å². The second-order valence-corrected chi connectivity index (χ2v) is 6.37. The molecule has 0 radical (unpaired) electrons. The van der Waals surface area contributed by atoms with E-state index in [1.807, 2.05) is 0 Å². The number of hydrogen-bond donors (Lipinski definition) is 1. The van der Waals surface area contributed by atoms with Gasteiger partial charge in [0.2, 0.25) is 0 Å². The summed E-state index contributed by atoms with van der Waals surface area (Å²) >= 11 is 3.30. The molecule has 0 saturated heterocycles. The second-order valence-electron chi connectivity index (χ2n) is 5.45. The minimum Gasteiger partial charge on any atom is -0.293 e. The zero-order valence-corrected chi connectivity index (χ0v) is 15.0. The van der Waals surface area contributed by atoms with Gasteiger partial charge in [0.1, 0.15) is 0 Å². The Morgan fingerprint density at radius 2 is 1.77 bits per heavy atom. The van der Waals surface area contributed by atoms with Gasteiger partial charge in [0.25, 0.3) is 5.56 Å². The first-order chi connectivity index (χ1) is 12.3. The van der Waals surface area contributed by atoms with Crippen LogP contribution in [0.3, 0.4) is 0 Å². The Kier molecular flexibility index (Phi) is 4.82. The SMILES string of the molecule is Cc1[nH]n(-c2cccc(C(F)(F)F)c2)c(=O)c1N=Nc1ccc(Br)cc1. The van der Waals surface area contributed by atoms with Gasteiger partial charge in [-0.25, -0.2) is 4.68 Å². The van der Waals surface area contributed by atoms with E-state index in [1.54, 1.807) is 31.2 Å². The smallest absolute Gasteiger partial charge is 0.293 e. The Balaban J connectivity index is 1.99. The second kappa shape index (κ2) is 6.91. The average molecular weight is 425 g/mol. The largest absolute Gasteiger partial charge is 0.416 e. The van der Waals surface area contributed by atoms with E-state index in [9.17, 15) is 18.0 Å². The molecule has 26 heavy (non-hydrogen) atoms. The van der Waals surface area contributed by atoms with Crippen molar-refractivity contribution in [1.29, 1.82) is 0 Å². The van der Waals surface area contributed by atoms with Gasteiger partial charge in [-0.15, -0.1) is 5.11 Å². The van der Waals surface area contributed by atoms with Crippen molar-refractivity contribution in [1.82, 2.24) is 9.78 Å². The van der Waals surface area contributed by atoms with Gasteiger partial charge in [-0.05, 0) is 49.4 Å². The maximum atomic E-state index is 12.9. The number of halogens is 4.